The van der Waals surface area contributed by atoms with Gasteiger partial charge in [-0.05, 0) is 71.3 Å². The molecule has 0 aliphatic carbocycles. The molecule has 1 fully saturated rings. The van der Waals surface area contributed by atoms with Crippen molar-refractivity contribution in [2.75, 3.05) is 40.0 Å². The molecule has 0 N–H and O–H groups in total. The molecule has 1 unspecified atom stereocenters. The summed E-state index contributed by atoms with van der Waals surface area (Å²) in [5.41, 5.74) is 0. The minimum atomic E-state index is -0.578. The quantitative estimate of drug-likeness (QED) is 0.0339. The maximum Gasteiger partial charge on any atom is 0.508 e. The zero-order valence-corrected chi connectivity index (χ0v) is 37.3. The lowest BCUT2D eigenvalue weighted by Gasteiger charge is -2.28. The van der Waals surface area contributed by atoms with Crippen LogP contribution in [0, 0.1) is 5.92 Å². The molecule has 0 aromatic rings. The van der Waals surface area contributed by atoms with Gasteiger partial charge in [-0.1, -0.05) is 136 Å². The average molecular weight is 810 g/mol. The molecule has 1 saturated heterocycles. The third kappa shape index (κ3) is 33.2. The summed E-state index contributed by atoms with van der Waals surface area (Å²) in [7, 11) is 2.08. The summed E-state index contributed by atoms with van der Waals surface area (Å²) in [5.74, 6) is -0.752. The van der Waals surface area contributed by atoms with Crippen LogP contribution in [0.5, 0.6) is 0 Å². The van der Waals surface area contributed by atoms with Crippen molar-refractivity contribution in [2.24, 2.45) is 5.92 Å². The Morgan fingerprint density at radius 1 is 0.509 bits per heavy atom. The summed E-state index contributed by atoms with van der Waals surface area (Å²) in [6.45, 7) is 9.13. The Labute approximate surface area is 348 Å². The Hall–Kier alpha value is -2.36. The Balaban J connectivity index is 2.46. The highest BCUT2D eigenvalue weighted by atomic mass is 16.7. The summed E-state index contributed by atoms with van der Waals surface area (Å²) in [4.78, 5) is 52.4. The number of hydrogen-bond acceptors (Lipinski definition) is 10. The van der Waals surface area contributed by atoms with Crippen LogP contribution in [0.2, 0.25) is 0 Å². The Kier molecular flexibility index (Phi) is 35.0. The summed E-state index contributed by atoms with van der Waals surface area (Å²) in [6, 6.07) is 0. The molecule has 0 saturated carbocycles. The van der Waals surface area contributed by atoms with E-state index in [-0.39, 0.29) is 55.9 Å². The molecule has 0 aromatic heterocycles. The van der Waals surface area contributed by atoms with E-state index >= 15 is 0 Å². The lowest BCUT2D eigenvalue weighted by molar-refractivity contribution is -0.149. The second kappa shape index (κ2) is 37.9. The van der Waals surface area contributed by atoms with Gasteiger partial charge in [-0.25, -0.2) is 4.79 Å². The van der Waals surface area contributed by atoms with E-state index in [2.05, 4.69) is 32.7 Å². The highest BCUT2D eigenvalue weighted by Crippen LogP contribution is 2.19. The molecule has 1 atom stereocenters. The fourth-order valence-electron chi connectivity index (χ4n) is 7.32. The van der Waals surface area contributed by atoms with Crippen LogP contribution >= 0.6 is 0 Å². The lowest BCUT2D eigenvalue weighted by Crippen LogP contribution is -2.36. The average Bonchev–Trinajstić information content (AvgIpc) is 3.20. The number of carbonyl (C=O) groups is 4. The highest BCUT2D eigenvalue weighted by Gasteiger charge is 2.23. The van der Waals surface area contributed by atoms with Gasteiger partial charge in [0.15, 0.2) is 0 Å². The molecule has 1 rings (SSSR count). The van der Waals surface area contributed by atoms with Crippen LogP contribution in [-0.4, -0.2) is 81.1 Å². The smallest absolute Gasteiger partial charge is 0.466 e. The number of likely N-dealkylation sites (tertiary alicyclic amines) is 1. The van der Waals surface area contributed by atoms with Crippen molar-refractivity contribution in [3.8, 4) is 0 Å². The number of nitrogens with zero attached hydrogens (tertiary/aromatic N) is 1. The van der Waals surface area contributed by atoms with Gasteiger partial charge in [0.2, 0.25) is 0 Å². The van der Waals surface area contributed by atoms with Gasteiger partial charge in [0.05, 0.1) is 19.8 Å². The number of carbonyl (C=O) groups excluding carboxylic acids is 4. The van der Waals surface area contributed by atoms with E-state index in [0.29, 0.717) is 44.9 Å². The molecule has 10 nitrogen and oxygen atoms in total. The predicted molar refractivity (Wildman–Crippen MR) is 229 cm³/mol. The zero-order valence-electron chi connectivity index (χ0n) is 37.3. The molecule has 0 spiro atoms. The molecule has 1 aliphatic rings. The number of piperidine rings is 1. The van der Waals surface area contributed by atoms with Crippen LogP contribution in [0.15, 0.2) is 0 Å². The SMILES string of the molecule is CCCCCCCCCCCCC(CCCOC(=O)CCCCC(COC(=O)CCCCCCC)COC(=O)CCCCCCC)OC(=O)OC1CCN(C)CC1. The molecule has 0 bridgehead atoms. The summed E-state index contributed by atoms with van der Waals surface area (Å²) >= 11 is 0. The van der Waals surface area contributed by atoms with Gasteiger partial charge >= 0.3 is 24.1 Å². The van der Waals surface area contributed by atoms with Crippen molar-refractivity contribution >= 4 is 24.1 Å². The fourth-order valence-corrected chi connectivity index (χ4v) is 7.32. The van der Waals surface area contributed by atoms with Gasteiger partial charge in [0, 0.05) is 38.3 Å². The normalized spacial score (nSPS) is 14.1. The van der Waals surface area contributed by atoms with Gasteiger partial charge in [0.1, 0.15) is 12.2 Å². The minimum absolute atomic E-state index is 0.0943. The standard InChI is InChI=1S/C47H87NO9/c1-5-8-11-14-15-16-17-18-21-22-29-42(56-47(52)57-43-34-36-48(4)37-35-43)30-27-38-53-44(49)33-26-25-28-41(39-54-45(50)31-23-19-12-9-6-2)40-55-46(51)32-24-20-13-10-7-3/h41-43H,5-40H2,1-4H3. The minimum Gasteiger partial charge on any atom is -0.466 e. The number of unbranched alkanes of at least 4 members (excludes halogenated alkanes) is 18. The van der Waals surface area contributed by atoms with Crippen molar-refractivity contribution < 1.29 is 42.9 Å². The van der Waals surface area contributed by atoms with E-state index in [1.807, 2.05) is 0 Å². The van der Waals surface area contributed by atoms with E-state index in [1.165, 1.54) is 64.2 Å². The molecule has 0 radical (unpaired) electrons. The number of hydrogen-bond donors (Lipinski definition) is 0. The first-order valence-corrected chi connectivity index (χ1v) is 23.8. The van der Waals surface area contributed by atoms with E-state index in [9.17, 15) is 19.2 Å². The first-order valence-electron chi connectivity index (χ1n) is 23.8. The highest BCUT2D eigenvalue weighted by molar-refractivity contribution is 5.70. The first kappa shape index (κ1) is 52.7. The van der Waals surface area contributed by atoms with Gasteiger partial charge in [0.25, 0.3) is 0 Å². The van der Waals surface area contributed by atoms with Crippen LogP contribution in [0.4, 0.5) is 4.79 Å². The van der Waals surface area contributed by atoms with E-state index in [0.717, 1.165) is 103 Å². The van der Waals surface area contributed by atoms with Crippen molar-refractivity contribution in [3.05, 3.63) is 0 Å². The van der Waals surface area contributed by atoms with E-state index in [1.54, 1.807) is 0 Å². The Morgan fingerprint density at radius 3 is 1.42 bits per heavy atom. The van der Waals surface area contributed by atoms with Crippen LogP contribution in [0.3, 0.4) is 0 Å². The first-order chi connectivity index (χ1) is 27.8. The second-order valence-corrected chi connectivity index (χ2v) is 16.7. The lowest BCUT2D eigenvalue weighted by atomic mass is 10.0. The van der Waals surface area contributed by atoms with Crippen LogP contribution < -0.4 is 0 Å². The largest absolute Gasteiger partial charge is 0.508 e. The molecular weight excluding hydrogens is 723 g/mol. The predicted octanol–water partition coefficient (Wildman–Crippen LogP) is 12.2. The molecule has 0 aromatic carbocycles. The molecule has 57 heavy (non-hydrogen) atoms. The van der Waals surface area contributed by atoms with Gasteiger partial charge in [-0.2, -0.15) is 0 Å². The molecule has 1 aliphatic heterocycles. The topological polar surface area (TPSA) is 118 Å². The molecule has 1 heterocycles. The van der Waals surface area contributed by atoms with Crippen molar-refractivity contribution in [3.63, 3.8) is 0 Å². The maximum atomic E-state index is 12.7. The molecule has 10 heteroatoms. The number of rotatable bonds is 38. The fraction of sp³-hybridized carbons (Fsp3) is 0.915. The van der Waals surface area contributed by atoms with Crippen molar-refractivity contribution in [1.29, 1.82) is 0 Å². The molecule has 334 valence electrons. The van der Waals surface area contributed by atoms with Crippen LogP contribution in [-0.2, 0) is 38.1 Å². The van der Waals surface area contributed by atoms with E-state index < -0.39 is 6.16 Å². The van der Waals surface area contributed by atoms with Crippen LogP contribution in [0.25, 0.3) is 0 Å². The number of ether oxygens (including phenoxy) is 5. The summed E-state index contributed by atoms with van der Waals surface area (Å²) < 4.78 is 28.3. The number of esters is 3. The van der Waals surface area contributed by atoms with E-state index in [4.69, 9.17) is 23.7 Å². The third-order valence-corrected chi connectivity index (χ3v) is 11.2. The second-order valence-electron chi connectivity index (χ2n) is 16.7. The summed E-state index contributed by atoms with van der Waals surface area (Å²) in [6.07, 6.45) is 29.1. The molecule has 0 amide bonds. The Morgan fingerprint density at radius 2 is 0.912 bits per heavy atom. The monoisotopic (exact) mass is 810 g/mol. The van der Waals surface area contributed by atoms with Gasteiger partial charge < -0.3 is 28.6 Å². The van der Waals surface area contributed by atoms with Crippen molar-refractivity contribution in [2.45, 2.75) is 232 Å². The third-order valence-electron chi connectivity index (χ3n) is 11.2. The van der Waals surface area contributed by atoms with Crippen molar-refractivity contribution in [1.82, 2.24) is 4.90 Å². The van der Waals surface area contributed by atoms with Gasteiger partial charge in [-0.3, -0.25) is 14.4 Å². The molecular formula is C47H87NO9. The summed E-state index contributed by atoms with van der Waals surface area (Å²) in [5, 5.41) is 0. The Bertz CT molecular complexity index is 954. The maximum absolute atomic E-state index is 12.7. The zero-order chi connectivity index (χ0) is 41.6. The van der Waals surface area contributed by atoms with Crippen LogP contribution in [0.1, 0.15) is 220 Å². The van der Waals surface area contributed by atoms with Gasteiger partial charge in [-0.15, -0.1) is 0 Å².